The molecule has 20 heavy (non-hydrogen) atoms. The number of carbonyl (C=O) groups is 1. The molecule has 4 nitrogen and oxygen atoms in total. The summed E-state index contributed by atoms with van der Waals surface area (Å²) >= 11 is 11.6. The first kappa shape index (κ1) is 14.5. The molecule has 0 saturated heterocycles. The Kier molecular flexibility index (Phi) is 4.37. The lowest BCUT2D eigenvalue weighted by Gasteiger charge is -2.09. The standard InChI is InChI=1S/C14H11Cl2NO3/c1-20-10-4-2-8(3-5-10)14(19)17-12-7-9(15)6-11(16)13(12)18/h2-7,18H,1H3,(H,17,19). The third kappa shape index (κ3) is 3.15. The van der Waals surface area contributed by atoms with Gasteiger partial charge in [-0.05, 0) is 36.4 Å². The molecule has 0 radical (unpaired) electrons. The Morgan fingerprint density at radius 1 is 1.20 bits per heavy atom. The molecule has 2 rings (SSSR count). The predicted molar refractivity (Wildman–Crippen MR) is 79.1 cm³/mol. The molecular weight excluding hydrogens is 301 g/mol. The van der Waals surface area contributed by atoms with Crippen molar-refractivity contribution in [3.05, 3.63) is 52.0 Å². The van der Waals surface area contributed by atoms with Crippen LogP contribution in [0.2, 0.25) is 10.0 Å². The summed E-state index contributed by atoms with van der Waals surface area (Å²) in [5.74, 6) is 0.0365. The van der Waals surface area contributed by atoms with Crippen molar-refractivity contribution < 1.29 is 14.6 Å². The molecule has 0 atom stereocenters. The summed E-state index contributed by atoms with van der Waals surface area (Å²) in [6.07, 6.45) is 0. The average molecular weight is 312 g/mol. The first-order chi connectivity index (χ1) is 9.51. The number of aromatic hydroxyl groups is 1. The lowest BCUT2D eigenvalue weighted by molar-refractivity contribution is 0.102. The molecule has 2 N–H and O–H groups in total. The third-order valence-corrected chi connectivity index (χ3v) is 3.13. The number of methoxy groups -OCH3 is 1. The fourth-order valence-electron chi connectivity index (χ4n) is 1.60. The van der Waals surface area contributed by atoms with Gasteiger partial charge < -0.3 is 15.2 Å². The van der Waals surface area contributed by atoms with E-state index >= 15 is 0 Å². The van der Waals surface area contributed by atoms with Gasteiger partial charge in [-0.15, -0.1) is 0 Å². The zero-order chi connectivity index (χ0) is 14.7. The Balaban J connectivity index is 2.23. The first-order valence-corrected chi connectivity index (χ1v) is 6.40. The van der Waals surface area contributed by atoms with Crippen LogP contribution in [0.1, 0.15) is 10.4 Å². The van der Waals surface area contributed by atoms with Gasteiger partial charge in [0.05, 0.1) is 17.8 Å². The molecule has 0 bridgehead atoms. The van der Waals surface area contributed by atoms with Crippen molar-refractivity contribution in [2.24, 2.45) is 0 Å². The Labute approximate surface area is 125 Å². The van der Waals surface area contributed by atoms with Crippen molar-refractivity contribution >= 4 is 34.8 Å². The van der Waals surface area contributed by atoms with Crippen molar-refractivity contribution in [1.29, 1.82) is 0 Å². The zero-order valence-electron chi connectivity index (χ0n) is 10.5. The van der Waals surface area contributed by atoms with Crippen LogP contribution in [0.5, 0.6) is 11.5 Å². The molecule has 2 aromatic carbocycles. The maximum Gasteiger partial charge on any atom is 0.255 e. The summed E-state index contributed by atoms with van der Waals surface area (Å²) in [5, 5.41) is 12.7. The van der Waals surface area contributed by atoms with Gasteiger partial charge in [0.25, 0.3) is 5.91 Å². The summed E-state index contributed by atoms with van der Waals surface area (Å²) in [6.45, 7) is 0. The Bertz CT molecular complexity index is 642. The fourth-order valence-corrected chi connectivity index (χ4v) is 2.09. The van der Waals surface area contributed by atoms with Gasteiger partial charge in [-0.2, -0.15) is 0 Å². The molecular formula is C14H11Cl2NO3. The molecule has 0 aliphatic rings. The van der Waals surface area contributed by atoms with E-state index in [4.69, 9.17) is 27.9 Å². The van der Waals surface area contributed by atoms with E-state index in [-0.39, 0.29) is 22.4 Å². The van der Waals surface area contributed by atoms with Crippen LogP contribution in [0.3, 0.4) is 0 Å². The number of carbonyl (C=O) groups excluding carboxylic acids is 1. The Morgan fingerprint density at radius 2 is 1.85 bits per heavy atom. The SMILES string of the molecule is COc1ccc(C(=O)Nc2cc(Cl)cc(Cl)c2O)cc1. The third-order valence-electron chi connectivity index (χ3n) is 2.63. The number of hydrogen-bond donors (Lipinski definition) is 2. The fraction of sp³-hybridized carbons (Fsp3) is 0.0714. The highest BCUT2D eigenvalue weighted by atomic mass is 35.5. The topological polar surface area (TPSA) is 58.6 Å². The zero-order valence-corrected chi connectivity index (χ0v) is 12.0. The van der Waals surface area contributed by atoms with Crippen LogP contribution >= 0.6 is 23.2 Å². The number of anilines is 1. The summed E-state index contributed by atoms with van der Waals surface area (Å²) in [5.41, 5.74) is 0.574. The predicted octanol–water partition coefficient (Wildman–Crippen LogP) is 3.96. The van der Waals surface area contributed by atoms with Crippen LogP contribution in [-0.2, 0) is 0 Å². The molecule has 0 fully saturated rings. The highest BCUT2D eigenvalue weighted by Gasteiger charge is 2.12. The number of halogens is 2. The van der Waals surface area contributed by atoms with Gasteiger partial charge >= 0.3 is 0 Å². The number of phenols is 1. The largest absolute Gasteiger partial charge is 0.504 e. The van der Waals surface area contributed by atoms with Gasteiger partial charge in [0.2, 0.25) is 0 Å². The van der Waals surface area contributed by atoms with Gasteiger partial charge in [0.15, 0.2) is 5.75 Å². The minimum absolute atomic E-state index is 0.0718. The Morgan fingerprint density at radius 3 is 2.45 bits per heavy atom. The number of rotatable bonds is 3. The minimum Gasteiger partial charge on any atom is -0.504 e. The number of ether oxygens (including phenoxy) is 1. The molecule has 2 aromatic rings. The van der Waals surface area contributed by atoms with Gasteiger partial charge in [-0.3, -0.25) is 4.79 Å². The van der Waals surface area contributed by atoms with Crippen molar-refractivity contribution in [2.75, 3.05) is 12.4 Å². The van der Waals surface area contributed by atoms with Crippen LogP contribution in [-0.4, -0.2) is 18.1 Å². The van der Waals surface area contributed by atoms with Crippen LogP contribution in [0.25, 0.3) is 0 Å². The van der Waals surface area contributed by atoms with Crippen molar-refractivity contribution in [3.8, 4) is 11.5 Å². The van der Waals surface area contributed by atoms with E-state index in [2.05, 4.69) is 5.32 Å². The first-order valence-electron chi connectivity index (χ1n) is 5.64. The molecule has 0 aromatic heterocycles. The lowest BCUT2D eigenvalue weighted by Crippen LogP contribution is -2.12. The molecule has 0 saturated carbocycles. The van der Waals surface area contributed by atoms with Crippen molar-refractivity contribution in [1.82, 2.24) is 0 Å². The molecule has 104 valence electrons. The lowest BCUT2D eigenvalue weighted by atomic mass is 10.2. The quantitative estimate of drug-likeness (QED) is 0.843. The molecule has 0 heterocycles. The maximum atomic E-state index is 12.0. The van der Waals surface area contributed by atoms with E-state index in [9.17, 15) is 9.90 Å². The van der Waals surface area contributed by atoms with Crippen molar-refractivity contribution in [3.63, 3.8) is 0 Å². The molecule has 0 spiro atoms. The number of benzene rings is 2. The van der Waals surface area contributed by atoms with Gasteiger partial charge in [0.1, 0.15) is 5.75 Å². The highest BCUT2D eigenvalue weighted by Crippen LogP contribution is 2.35. The Hall–Kier alpha value is -1.91. The molecule has 6 heteroatoms. The molecule has 0 unspecified atom stereocenters. The number of hydrogen-bond acceptors (Lipinski definition) is 3. The second-order valence-electron chi connectivity index (χ2n) is 3.97. The second-order valence-corrected chi connectivity index (χ2v) is 4.81. The van der Waals surface area contributed by atoms with Crippen LogP contribution in [0, 0.1) is 0 Å². The molecule has 1 amide bonds. The van der Waals surface area contributed by atoms with E-state index in [1.807, 2.05) is 0 Å². The molecule has 0 aliphatic heterocycles. The summed E-state index contributed by atoms with van der Waals surface area (Å²) < 4.78 is 5.01. The normalized spacial score (nSPS) is 10.2. The summed E-state index contributed by atoms with van der Waals surface area (Å²) in [7, 11) is 1.54. The minimum atomic E-state index is -0.388. The van der Waals surface area contributed by atoms with E-state index in [0.29, 0.717) is 16.3 Å². The van der Waals surface area contributed by atoms with Crippen LogP contribution in [0.15, 0.2) is 36.4 Å². The van der Waals surface area contributed by atoms with E-state index in [1.165, 1.54) is 12.1 Å². The highest BCUT2D eigenvalue weighted by molar-refractivity contribution is 6.36. The van der Waals surface area contributed by atoms with Gasteiger partial charge in [-0.1, -0.05) is 23.2 Å². The van der Waals surface area contributed by atoms with Crippen LogP contribution < -0.4 is 10.1 Å². The monoisotopic (exact) mass is 311 g/mol. The maximum absolute atomic E-state index is 12.0. The molecule has 0 aliphatic carbocycles. The van der Waals surface area contributed by atoms with Gasteiger partial charge in [-0.25, -0.2) is 0 Å². The summed E-state index contributed by atoms with van der Waals surface area (Å²) in [4.78, 5) is 12.0. The smallest absolute Gasteiger partial charge is 0.255 e. The van der Waals surface area contributed by atoms with Gasteiger partial charge in [0, 0.05) is 10.6 Å². The van der Waals surface area contributed by atoms with Crippen LogP contribution in [0.4, 0.5) is 5.69 Å². The van der Waals surface area contributed by atoms with E-state index in [1.54, 1.807) is 31.4 Å². The van der Waals surface area contributed by atoms with Crippen molar-refractivity contribution in [2.45, 2.75) is 0 Å². The number of nitrogens with one attached hydrogen (secondary N) is 1. The number of phenolic OH excluding ortho intramolecular Hbond substituents is 1. The number of amides is 1. The second kappa shape index (κ2) is 6.03. The summed E-state index contributed by atoms with van der Waals surface area (Å²) in [6, 6.07) is 9.36. The average Bonchev–Trinajstić information content (AvgIpc) is 2.44. The van der Waals surface area contributed by atoms with E-state index in [0.717, 1.165) is 0 Å². The van der Waals surface area contributed by atoms with E-state index < -0.39 is 0 Å².